The Hall–Kier alpha value is -3.09. The molecule has 7 heteroatoms. The number of H-pyrrole nitrogens is 2. The molecule has 0 bridgehead atoms. The fraction of sp³-hybridized carbons (Fsp3) is 0.133. The van der Waals surface area contributed by atoms with E-state index in [9.17, 15) is 9.59 Å². The van der Waals surface area contributed by atoms with Crippen molar-refractivity contribution in [2.75, 3.05) is 11.9 Å². The Morgan fingerprint density at radius 3 is 2.95 bits per heavy atom. The molecule has 1 aromatic carbocycles. The van der Waals surface area contributed by atoms with E-state index in [1.165, 1.54) is 0 Å². The van der Waals surface area contributed by atoms with Crippen molar-refractivity contribution in [1.82, 2.24) is 15.2 Å². The van der Waals surface area contributed by atoms with Crippen LogP contribution in [0, 0.1) is 0 Å². The number of rotatable bonds is 5. The second-order valence-electron chi connectivity index (χ2n) is 4.65. The zero-order valence-electron chi connectivity index (χ0n) is 11.6. The minimum Gasteiger partial charge on any atom is -0.493 e. The summed E-state index contributed by atoms with van der Waals surface area (Å²) >= 11 is 0. The number of nitrogens with one attached hydrogen (secondary N) is 3. The third-order valence-electron chi connectivity index (χ3n) is 3.08. The fourth-order valence-electron chi connectivity index (χ4n) is 2.01. The van der Waals surface area contributed by atoms with Gasteiger partial charge in [-0.3, -0.25) is 19.8 Å². The summed E-state index contributed by atoms with van der Waals surface area (Å²) in [5, 5.41) is 8.50. The molecule has 0 unspecified atom stereocenters. The highest BCUT2D eigenvalue weighted by Gasteiger charge is 2.05. The van der Waals surface area contributed by atoms with Gasteiger partial charge < -0.3 is 10.1 Å². The molecule has 1 amide bonds. The van der Waals surface area contributed by atoms with E-state index in [1.54, 1.807) is 42.6 Å². The van der Waals surface area contributed by atoms with Crippen molar-refractivity contribution in [1.29, 1.82) is 0 Å². The lowest BCUT2D eigenvalue weighted by atomic mass is 10.2. The van der Waals surface area contributed by atoms with E-state index in [1.807, 2.05) is 0 Å². The van der Waals surface area contributed by atoms with Crippen molar-refractivity contribution in [3.05, 3.63) is 52.9 Å². The zero-order chi connectivity index (χ0) is 15.4. The molecule has 22 heavy (non-hydrogen) atoms. The molecule has 0 atom stereocenters. The number of aromatic amines is 2. The molecular weight excluding hydrogens is 284 g/mol. The molecule has 7 nitrogen and oxygen atoms in total. The SMILES string of the molecule is O=C(CCOc1ccc2c(=O)[nH][nH]c2c1)Nc1ccccn1. The average Bonchev–Trinajstić information content (AvgIpc) is 2.89. The number of amides is 1. The topological polar surface area (TPSA) is 99.9 Å². The lowest BCUT2D eigenvalue weighted by molar-refractivity contribution is -0.116. The van der Waals surface area contributed by atoms with Gasteiger partial charge in [0, 0.05) is 12.3 Å². The number of nitrogens with zero attached hydrogens (tertiary/aromatic N) is 1. The number of benzene rings is 1. The molecule has 0 radical (unpaired) electrons. The number of carbonyl (C=O) groups is 1. The van der Waals surface area contributed by atoms with Gasteiger partial charge >= 0.3 is 0 Å². The van der Waals surface area contributed by atoms with Gasteiger partial charge in [0.1, 0.15) is 11.6 Å². The second-order valence-corrected chi connectivity index (χ2v) is 4.65. The number of ether oxygens (including phenoxy) is 1. The van der Waals surface area contributed by atoms with E-state index in [4.69, 9.17) is 4.74 Å². The van der Waals surface area contributed by atoms with Crippen LogP contribution in [0.1, 0.15) is 6.42 Å². The molecule has 3 N–H and O–H groups in total. The molecule has 0 aliphatic rings. The predicted octanol–water partition coefficient (Wildman–Crippen LogP) is 1.66. The van der Waals surface area contributed by atoms with Crippen LogP contribution in [0.3, 0.4) is 0 Å². The highest BCUT2D eigenvalue weighted by Crippen LogP contribution is 2.16. The van der Waals surface area contributed by atoms with E-state index >= 15 is 0 Å². The van der Waals surface area contributed by atoms with E-state index in [0.29, 0.717) is 22.5 Å². The van der Waals surface area contributed by atoms with Gasteiger partial charge in [-0.15, -0.1) is 0 Å². The van der Waals surface area contributed by atoms with Crippen LogP contribution in [0.25, 0.3) is 10.9 Å². The molecule has 112 valence electrons. The van der Waals surface area contributed by atoms with Crippen LogP contribution in [0.2, 0.25) is 0 Å². The van der Waals surface area contributed by atoms with E-state index < -0.39 is 0 Å². The van der Waals surface area contributed by atoms with Crippen LogP contribution in [0.4, 0.5) is 5.82 Å². The highest BCUT2D eigenvalue weighted by molar-refractivity contribution is 5.89. The number of hydrogen-bond acceptors (Lipinski definition) is 4. The predicted molar refractivity (Wildman–Crippen MR) is 81.9 cm³/mol. The third-order valence-corrected chi connectivity index (χ3v) is 3.08. The molecule has 3 aromatic rings. The van der Waals surface area contributed by atoms with Gasteiger partial charge in [0.05, 0.1) is 23.9 Å². The zero-order valence-corrected chi connectivity index (χ0v) is 11.6. The van der Waals surface area contributed by atoms with Crippen LogP contribution in [0.5, 0.6) is 5.75 Å². The monoisotopic (exact) mass is 298 g/mol. The van der Waals surface area contributed by atoms with Crippen LogP contribution < -0.4 is 15.6 Å². The van der Waals surface area contributed by atoms with Gasteiger partial charge in [-0.1, -0.05) is 6.07 Å². The number of hydrogen-bond donors (Lipinski definition) is 3. The molecule has 0 aliphatic heterocycles. The first kappa shape index (κ1) is 13.9. The number of pyridine rings is 1. The summed E-state index contributed by atoms with van der Waals surface area (Å²) in [6.07, 6.45) is 1.82. The fourth-order valence-corrected chi connectivity index (χ4v) is 2.01. The first-order valence-electron chi connectivity index (χ1n) is 6.76. The van der Waals surface area contributed by atoms with Gasteiger partial charge in [-0.2, -0.15) is 0 Å². The van der Waals surface area contributed by atoms with Gasteiger partial charge in [0.25, 0.3) is 5.56 Å². The van der Waals surface area contributed by atoms with Crippen molar-refractivity contribution >= 4 is 22.6 Å². The lowest BCUT2D eigenvalue weighted by Crippen LogP contribution is -2.15. The normalized spacial score (nSPS) is 10.5. The van der Waals surface area contributed by atoms with Gasteiger partial charge in [-0.25, -0.2) is 4.98 Å². The molecule has 0 saturated carbocycles. The summed E-state index contributed by atoms with van der Waals surface area (Å²) in [5.74, 6) is 0.932. The molecule has 0 spiro atoms. The van der Waals surface area contributed by atoms with Crippen molar-refractivity contribution in [3.8, 4) is 5.75 Å². The number of fused-ring (bicyclic) bond motifs is 1. The Morgan fingerprint density at radius 1 is 1.23 bits per heavy atom. The Morgan fingerprint density at radius 2 is 2.14 bits per heavy atom. The summed E-state index contributed by atoms with van der Waals surface area (Å²) < 4.78 is 5.51. The number of carbonyl (C=O) groups excluding carboxylic acids is 1. The standard InChI is InChI=1S/C15H14N4O3/c20-14(17-13-3-1-2-7-16-13)6-8-22-10-4-5-11-12(9-10)18-19-15(11)21/h1-5,7,9H,6,8H2,(H,16,17,20)(H2,18,19,21). The van der Waals surface area contributed by atoms with Crippen LogP contribution in [0.15, 0.2) is 47.4 Å². The molecular formula is C15H14N4O3. The highest BCUT2D eigenvalue weighted by atomic mass is 16.5. The van der Waals surface area contributed by atoms with Crippen LogP contribution in [-0.2, 0) is 4.79 Å². The Balaban J connectivity index is 1.53. The maximum absolute atomic E-state index is 11.7. The van der Waals surface area contributed by atoms with Gasteiger partial charge in [0.15, 0.2) is 0 Å². The van der Waals surface area contributed by atoms with Gasteiger partial charge in [-0.05, 0) is 24.3 Å². The molecule has 0 fully saturated rings. The van der Waals surface area contributed by atoms with Crippen LogP contribution >= 0.6 is 0 Å². The smallest absolute Gasteiger partial charge is 0.271 e. The first-order valence-corrected chi connectivity index (χ1v) is 6.76. The maximum atomic E-state index is 11.7. The van der Waals surface area contributed by atoms with E-state index in [-0.39, 0.29) is 24.5 Å². The molecule has 0 saturated heterocycles. The van der Waals surface area contributed by atoms with E-state index in [0.717, 1.165) is 0 Å². The lowest BCUT2D eigenvalue weighted by Gasteiger charge is -2.06. The minimum atomic E-state index is -0.171. The molecule has 2 aromatic heterocycles. The quantitative estimate of drug-likeness (QED) is 0.667. The Kier molecular flexibility index (Phi) is 3.86. The van der Waals surface area contributed by atoms with Gasteiger partial charge in [0.2, 0.25) is 5.91 Å². The second kappa shape index (κ2) is 6.13. The summed E-state index contributed by atoms with van der Waals surface area (Å²) in [6, 6.07) is 10.4. The minimum absolute atomic E-state index is 0.170. The van der Waals surface area contributed by atoms with Crippen molar-refractivity contribution in [3.63, 3.8) is 0 Å². The molecule has 2 heterocycles. The number of aromatic nitrogens is 3. The summed E-state index contributed by atoms with van der Waals surface area (Å²) in [5.41, 5.74) is 0.497. The maximum Gasteiger partial charge on any atom is 0.271 e. The summed E-state index contributed by atoms with van der Waals surface area (Å²) in [6.45, 7) is 0.235. The summed E-state index contributed by atoms with van der Waals surface area (Å²) in [4.78, 5) is 27.1. The van der Waals surface area contributed by atoms with Crippen LogP contribution in [-0.4, -0.2) is 27.7 Å². The van der Waals surface area contributed by atoms with Crippen molar-refractivity contribution in [2.24, 2.45) is 0 Å². The average molecular weight is 298 g/mol. The number of anilines is 1. The van der Waals surface area contributed by atoms with E-state index in [2.05, 4.69) is 20.5 Å². The van der Waals surface area contributed by atoms with Crippen molar-refractivity contribution < 1.29 is 9.53 Å². The summed E-state index contributed by atoms with van der Waals surface area (Å²) in [7, 11) is 0. The Bertz CT molecular complexity index is 839. The molecule has 3 rings (SSSR count). The largest absolute Gasteiger partial charge is 0.493 e. The van der Waals surface area contributed by atoms with Crippen molar-refractivity contribution in [2.45, 2.75) is 6.42 Å². The molecule has 0 aliphatic carbocycles. The first-order chi connectivity index (χ1) is 10.7. The third kappa shape index (κ3) is 3.14. The Labute approximate surface area is 125 Å².